The quantitative estimate of drug-likeness (QED) is 0.762. The summed E-state index contributed by atoms with van der Waals surface area (Å²) < 4.78 is 12.6. The lowest BCUT2D eigenvalue weighted by Gasteiger charge is -1.98. The number of halogens is 1. The lowest BCUT2D eigenvalue weighted by Crippen LogP contribution is -2.03. The van der Waals surface area contributed by atoms with Crippen LogP contribution in [0.1, 0.15) is 22.5 Å². The van der Waals surface area contributed by atoms with E-state index in [-0.39, 0.29) is 5.78 Å². The molecule has 0 saturated carbocycles. The first-order valence-electron chi connectivity index (χ1n) is 4.91. The highest BCUT2D eigenvalue weighted by atomic mass is 32.1. The number of ketones is 1. The summed E-state index contributed by atoms with van der Waals surface area (Å²) in [5.74, 6) is -0.472. The Hall–Kier alpha value is -1.55. The first-order valence-corrected chi connectivity index (χ1v) is 5.86. The Morgan fingerprint density at radius 3 is 2.88 bits per heavy atom. The van der Waals surface area contributed by atoms with Crippen LogP contribution in [0, 0.1) is 5.82 Å². The van der Waals surface area contributed by atoms with Crippen LogP contribution in [0.2, 0.25) is 0 Å². The van der Waals surface area contributed by atoms with Gasteiger partial charge in [0.25, 0.3) is 0 Å². The van der Waals surface area contributed by atoms with Crippen LogP contribution in [-0.4, -0.2) is 10.8 Å². The zero-order valence-electron chi connectivity index (χ0n) is 8.52. The summed E-state index contributed by atoms with van der Waals surface area (Å²) in [6, 6.07) is 4.67. The molecule has 0 N–H and O–H groups in total. The average Bonchev–Trinajstić information content (AvgIpc) is 2.80. The number of hydrogen-bond donors (Lipinski definition) is 0. The van der Waals surface area contributed by atoms with Crippen molar-refractivity contribution in [1.29, 1.82) is 0 Å². The summed E-state index contributed by atoms with van der Waals surface area (Å²) in [6.07, 6.45) is 2.19. The van der Waals surface area contributed by atoms with E-state index in [1.807, 2.05) is 16.8 Å². The molecule has 0 radical (unpaired) electrons. The van der Waals surface area contributed by atoms with Crippen LogP contribution in [0.5, 0.6) is 0 Å². The molecule has 0 aliphatic heterocycles. The van der Waals surface area contributed by atoms with Crippen LogP contribution in [0.3, 0.4) is 0 Å². The minimum atomic E-state index is -0.422. The van der Waals surface area contributed by atoms with E-state index in [9.17, 15) is 9.18 Å². The highest BCUT2D eigenvalue weighted by Gasteiger charge is 2.07. The van der Waals surface area contributed by atoms with Gasteiger partial charge in [-0.05, 0) is 40.9 Å². The molecule has 2 nitrogen and oxygen atoms in total. The third kappa shape index (κ3) is 2.73. The van der Waals surface area contributed by atoms with Gasteiger partial charge < -0.3 is 0 Å². The van der Waals surface area contributed by atoms with Crippen molar-refractivity contribution in [3.05, 3.63) is 52.2 Å². The number of aryl methyl sites for hydroxylation is 1. The summed E-state index contributed by atoms with van der Waals surface area (Å²) in [4.78, 5) is 15.4. The molecule has 16 heavy (non-hydrogen) atoms. The number of rotatable bonds is 4. The smallest absolute Gasteiger partial charge is 0.181 e. The molecular weight excluding hydrogens is 225 g/mol. The molecule has 0 aliphatic carbocycles. The minimum Gasteiger partial charge on any atom is -0.292 e. The predicted molar refractivity (Wildman–Crippen MR) is 61.2 cm³/mol. The van der Waals surface area contributed by atoms with Crippen LogP contribution < -0.4 is 0 Å². The Bertz CT molecular complexity index is 464. The predicted octanol–water partition coefficient (Wildman–Crippen LogP) is 3.10. The molecule has 0 atom stereocenters. The van der Waals surface area contributed by atoms with Crippen LogP contribution >= 0.6 is 11.3 Å². The van der Waals surface area contributed by atoms with Gasteiger partial charge in [0.2, 0.25) is 0 Å². The number of hydrogen-bond acceptors (Lipinski definition) is 3. The zero-order chi connectivity index (χ0) is 11.4. The molecule has 0 aromatic carbocycles. The summed E-state index contributed by atoms with van der Waals surface area (Å²) in [5, 5.41) is 4.00. The third-order valence-corrected chi connectivity index (χ3v) is 2.97. The molecule has 2 aromatic heterocycles. The van der Waals surface area contributed by atoms with E-state index >= 15 is 0 Å². The van der Waals surface area contributed by atoms with Crippen molar-refractivity contribution in [2.75, 3.05) is 0 Å². The van der Waals surface area contributed by atoms with E-state index in [2.05, 4.69) is 4.98 Å². The van der Waals surface area contributed by atoms with Crippen LogP contribution in [0.4, 0.5) is 4.39 Å². The largest absolute Gasteiger partial charge is 0.292 e. The number of carbonyl (C=O) groups is 1. The SMILES string of the molecule is O=C(CCc1ccsc1)c1ccc(F)cn1. The molecule has 0 amide bonds. The molecule has 0 unspecified atom stereocenters. The van der Waals surface area contributed by atoms with E-state index in [1.54, 1.807) is 11.3 Å². The topological polar surface area (TPSA) is 30.0 Å². The second-order valence-corrected chi connectivity index (χ2v) is 4.20. The van der Waals surface area contributed by atoms with E-state index in [4.69, 9.17) is 0 Å². The van der Waals surface area contributed by atoms with Gasteiger partial charge in [-0.15, -0.1) is 0 Å². The normalized spacial score (nSPS) is 10.3. The fourth-order valence-corrected chi connectivity index (χ4v) is 2.06. The molecular formula is C12H10FNOS. The lowest BCUT2D eigenvalue weighted by molar-refractivity contribution is 0.0978. The van der Waals surface area contributed by atoms with Gasteiger partial charge in [-0.3, -0.25) is 9.78 Å². The first kappa shape index (κ1) is 11.0. The molecule has 0 aliphatic rings. The molecule has 4 heteroatoms. The van der Waals surface area contributed by atoms with Gasteiger partial charge in [-0.25, -0.2) is 4.39 Å². The average molecular weight is 235 g/mol. The summed E-state index contributed by atoms with van der Waals surface area (Å²) in [5.41, 5.74) is 1.48. The number of thiophene rings is 1. The van der Waals surface area contributed by atoms with Crippen molar-refractivity contribution in [2.45, 2.75) is 12.8 Å². The second-order valence-electron chi connectivity index (χ2n) is 3.42. The zero-order valence-corrected chi connectivity index (χ0v) is 9.34. The number of pyridine rings is 1. The molecule has 0 saturated heterocycles. The first-order chi connectivity index (χ1) is 7.75. The highest BCUT2D eigenvalue weighted by Crippen LogP contribution is 2.10. The van der Waals surface area contributed by atoms with Gasteiger partial charge in [-0.1, -0.05) is 0 Å². The van der Waals surface area contributed by atoms with Crippen LogP contribution in [0.15, 0.2) is 35.2 Å². The maximum absolute atomic E-state index is 12.6. The van der Waals surface area contributed by atoms with E-state index in [0.29, 0.717) is 18.5 Å². The van der Waals surface area contributed by atoms with Crippen LogP contribution in [-0.2, 0) is 6.42 Å². The van der Waals surface area contributed by atoms with Gasteiger partial charge in [0, 0.05) is 6.42 Å². The Balaban J connectivity index is 1.95. The molecule has 82 valence electrons. The lowest BCUT2D eigenvalue weighted by atomic mass is 10.1. The molecule has 2 heterocycles. The van der Waals surface area contributed by atoms with E-state index in [0.717, 1.165) is 11.8 Å². The van der Waals surface area contributed by atoms with Crippen molar-refractivity contribution in [1.82, 2.24) is 4.98 Å². The van der Waals surface area contributed by atoms with Crippen LogP contribution in [0.25, 0.3) is 0 Å². The maximum atomic E-state index is 12.6. The molecule has 0 bridgehead atoms. The summed E-state index contributed by atoms with van der Waals surface area (Å²) >= 11 is 1.61. The molecule has 0 fully saturated rings. The van der Waals surface area contributed by atoms with Crippen molar-refractivity contribution in [3.63, 3.8) is 0 Å². The minimum absolute atomic E-state index is 0.0498. The Morgan fingerprint density at radius 1 is 1.38 bits per heavy atom. The Kier molecular flexibility index (Phi) is 3.41. The Labute approximate surface area is 96.8 Å². The standard InChI is InChI=1S/C12H10FNOS/c13-10-2-3-11(14-7-10)12(15)4-1-9-5-6-16-8-9/h2-3,5-8H,1,4H2. The van der Waals surface area contributed by atoms with E-state index in [1.165, 1.54) is 12.1 Å². The molecule has 2 rings (SSSR count). The van der Waals surface area contributed by atoms with Crippen molar-refractivity contribution in [2.24, 2.45) is 0 Å². The Morgan fingerprint density at radius 2 is 2.25 bits per heavy atom. The van der Waals surface area contributed by atoms with Gasteiger partial charge in [0.05, 0.1) is 6.20 Å². The summed E-state index contributed by atoms with van der Waals surface area (Å²) in [7, 11) is 0. The molecule has 2 aromatic rings. The van der Waals surface area contributed by atoms with Gasteiger partial charge in [-0.2, -0.15) is 11.3 Å². The van der Waals surface area contributed by atoms with Crippen molar-refractivity contribution < 1.29 is 9.18 Å². The molecule has 0 spiro atoms. The maximum Gasteiger partial charge on any atom is 0.181 e. The van der Waals surface area contributed by atoms with Crippen molar-refractivity contribution >= 4 is 17.1 Å². The third-order valence-electron chi connectivity index (χ3n) is 2.23. The van der Waals surface area contributed by atoms with Gasteiger partial charge in [0.1, 0.15) is 11.5 Å². The number of nitrogens with zero attached hydrogens (tertiary/aromatic N) is 1. The van der Waals surface area contributed by atoms with Gasteiger partial charge >= 0.3 is 0 Å². The second kappa shape index (κ2) is 4.99. The summed E-state index contributed by atoms with van der Waals surface area (Å²) in [6.45, 7) is 0. The monoisotopic (exact) mass is 235 g/mol. The number of Topliss-reactive ketones (excluding diaryl/α,β-unsaturated/α-hetero) is 1. The number of carbonyl (C=O) groups excluding carboxylic acids is 1. The fourth-order valence-electron chi connectivity index (χ4n) is 1.36. The highest BCUT2D eigenvalue weighted by molar-refractivity contribution is 7.07. The van der Waals surface area contributed by atoms with E-state index < -0.39 is 5.82 Å². The fraction of sp³-hybridized carbons (Fsp3) is 0.167. The van der Waals surface area contributed by atoms with Crippen molar-refractivity contribution in [3.8, 4) is 0 Å². The number of aromatic nitrogens is 1. The van der Waals surface area contributed by atoms with Gasteiger partial charge in [0.15, 0.2) is 5.78 Å².